The summed E-state index contributed by atoms with van der Waals surface area (Å²) in [5.74, 6) is -0.813. The number of fused-ring (bicyclic) bond motifs is 1. The van der Waals surface area contributed by atoms with E-state index in [1.54, 1.807) is 31.2 Å². The molecule has 4 rings (SSSR count). The number of aryl methyl sites for hydroxylation is 1. The van der Waals surface area contributed by atoms with Crippen molar-refractivity contribution in [2.45, 2.75) is 38.5 Å². The van der Waals surface area contributed by atoms with E-state index in [4.69, 9.17) is 9.15 Å². The van der Waals surface area contributed by atoms with Crippen LogP contribution in [0.2, 0.25) is 0 Å². The molecule has 0 unspecified atom stereocenters. The fraction of sp³-hybridized carbons (Fsp3) is 0.417. The van der Waals surface area contributed by atoms with Crippen molar-refractivity contribution in [3.63, 3.8) is 0 Å². The molecule has 0 aliphatic heterocycles. The highest BCUT2D eigenvalue weighted by molar-refractivity contribution is 7.91. The largest absolute Gasteiger partial charge is 0.493 e. The maximum Gasteiger partial charge on any atom is 0.419 e. The fourth-order valence-corrected chi connectivity index (χ4v) is 5.49. The lowest BCUT2D eigenvalue weighted by atomic mass is 10.0. The first-order valence-electron chi connectivity index (χ1n) is 11.0. The summed E-state index contributed by atoms with van der Waals surface area (Å²) in [5, 5.41) is 0.260. The maximum atomic E-state index is 14.0. The lowest BCUT2D eigenvalue weighted by Crippen LogP contribution is -2.18. The Morgan fingerprint density at radius 3 is 2.73 bits per heavy atom. The van der Waals surface area contributed by atoms with Crippen LogP contribution >= 0.6 is 0 Å². The zero-order valence-electron chi connectivity index (χ0n) is 18.3. The standard InChI is InChI=1S/C24H26FNO6S/c1-15(18-10-19(25)12-20(11-18)31-13-17-4-5-17)14-33(29,30)8-2-3-16-6-7-21-22(9-16)32-24(28)26-23(21)27/h6-7,9-12,15,17H,2-5,8,13-14H2,1H3,(H,26,27,28)/t15-/m0/s1. The van der Waals surface area contributed by atoms with E-state index in [1.165, 1.54) is 12.1 Å². The number of nitrogens with one attached hydrogen (secondary N) is 1. The average Bonchev–Trinajstić information content (AvgIpc) is 3.55. The Kier molecular flexibility index (Phi) is 6.69. The third-order valence-corrected chi connectivity index (χ3v) is 7.70. The third-order valence-electron chi connectivity index (χ3n) is 5.78. The van der Waals surface area contributed by atoms with Gasteiger partial charge in [-0.25, -0.2) is 17.6 Å². The summed E-state index contributed by atoms with van der Waals surface area (Å²) in [4.78, 5) is 25.2. The second-order valence-electron chi connectivity index (χ2n) is 8.77. The summed E-state index contributed by atoms with van der Waals surface area (Å²) in [6.07, 6.45) is 3.07. The Morgan fingerprint density at radius 1 is 1.18 bits per heavy atom. The molecule has 1 fully saturated rings. The highest BCUT2D eigenvalue weighted by atomic mass is 32.2. The summed E-state index contributed by atoms with van der Waals surface area (Å²) in [6.45, 7) is 2.32. The zero-order chi connectivity index (χ0) is 23.6. The van der Waals surface area contributed by atoms with Gasteiger partial charge in [0.1, 0.15) is 17.1 Å². The second-order valence-corrected chi connectivity index (χ2v) is 11.0. The predicted molar refractivity (Wildman–Crippen MR) is 123 cm³/mol. The van der Waals surface area contributed by atoms with E-state index in [0.29, 0.717) is 36.7 Å². The number of H-pyrrole nitrogens is 1. The highest BCUT2D eigenvalue weighted by Gasteiger charge is 2.23. The quantitative estimate of drug-likeness (QED) is 0.481. The molecule has 3 aromatic rings. The first-order chi connectivity index (χ1) is 15.7. The molecule has 1 aliphatic rings. The van der Waals surface area contributed by atoms with Crippen LogP contribution in [0.3, 0.4) is 0 Å². The predicted octanol–water partition coefficient (Wildman–Crippen LogP) is 3.56. The number of aromatic nitrogens is 1. The van der Waals surface area contributed by atoms with Crippen LogP contribution in [0.25, 0.3) is 11.0 Å². The van der Waals surface area contributed by atoms with Crippen molar-refractivity contribution < 1.29 is 22.0 Å². The van der Waals surface area contributed by atoms with E-state index in [2.05, 4.69) is 4.98 Å². The topological polar surface area (TPSA) is 106 Å². The van der Waals surface area contributed by atoms with Gasteiger partial charge in [-0.15, -0.1) is 0 Å². The molecule has 1 heterocycles. The van der Waals surface area contributed by atoms with E-state index in [9.17, 15) is 22.4 Å². The van der Waals surface area contributed by atoms with Crippen LogP contribution in [0.1, 0.15) is 43.2 Å². The minimum absolute atomic E-state index is 0.0327. The third kappa shape index (κ3) is 6.31. The van der Waals surface area contributed by atoms with Crippen molar-refractivity contribution in [3.05, 3.63) is 74.2 Å². The van der Waals surface area contributed by atoms with E-state index in [1.807, 2.05) is 0 Å². The van der Waals surface area contributed by atoms with Crippen LogP contribution in [0.4, 0.5) is 4.39 Å². The number of halogens is 1. The number of aromatic amines is 1. The van der Waals surface area contributed by atoms with Crippen molar-refractivity contribution in [2.75, 3.05) is 18.1 Å². The zero-order valence-corrected chi connectivity index (χ0v) is 19.1. The molecule has 176 valence electrons. The van der Waals surface area contributed by atoms with Crippen molar-refractivity contribution in [3.8, 4) is 5.75 Å². The SMILES string of the molecule is C[C@@H](CS(=O)(=O)CCCc1ccc2c(=O)[nH]c(=O)oc2c1)c1cc(F)cc(OCC2CC2)c1. The van der Waals surface area contributed by atoms with Crippen LogP contribution in [-0.4, -0.2) is 31.5 Å². The number of hydrogen-bond donors (Lipinski definition) is 1. The number of rotatable bonds is 10. The van der Waals surface area contributed by atoms with Gasteiger partial charge in [0.05, 0.1) is 23.5 Å². The van der Waals surface area contributed by atoms with E-state index in [-0.39, 0.29) is 28.4 Å². The van der Waals surface area contributed by atoms with Gasteiger partial charge >= 0.3 is 5.76 Å². The van der Waals surface area contributed by atoms with E-state index < -0.39 is 27.0 Å². The molecule has 1 saturated carbocycles. The normalized spacial score (nSPS) is 15.0. The number of hydrogen-bond acceptors (Lipinski definition) is 6. The van der Waals surface area contributed by atoms with Crippen LogP contribution in [0.15, 0.2) is 50.4 Å². The molecule has 1 aliphatic carbocycles. The van der Waals surface area contributed by atoms with Gasteiger partial charge in [0, 0.05) is 6.07 Å². The van der Waals surface area contributed by atoms with Gasteiger partial charge < -0.3 is 9.15 Å². The van der Waals surface area contributed by atoms with Crippen LogP contribution in [0, 0.1) is 11.7 Å². The lowest BCUT2D eigenvalue weighted by Gasteiger charge is -2.15. The minimum atomic E-state index is -3.39. The molecule has 0 amide bonds. The Labute approximate surface area is 190 Å². The Bertz CT molecular complexity index is 1370. The molecular weight excluding hydrogens is 449 g/mol. The van der Waals surface area contributed by atoms with Gasteiger partial charge in [-0.1, -0.05) is 13.0 Å². The van der Waals surface area contributed by atoms with Gasteiger partial charge in [0.2, 0.25) is 0 Å². The molecule has 33 heavy (non-hydrogen) atoms. The van der Waals surface area contributed by atoms with Crippen LogP contribution < -0.4 is 16.1 Å². The number of sulfone groups is 1. The van der Waals surface area contributed by atoms with Crippen LogP contribution in [-0.2, 0) is 16.3 Å². The van der Waals surface area contributed by atoms with Gasteiger partial charge in [-0.2, -0.15) is 0 Å². The molecule has 0 spiro atoms. The highest BCUT2D eigenvalue weighted by Crippen LogP contribution is 2.31. The van der Waals surface area contributed by atoms with Crippen molar-refractivity contribution in [1.29, 1.82) is 0 Å². The van der Waals surface area contributed by atoms with Gasteiger partial charge in [0.25, 0.3) is 5.56 Å². The van der Waals surface area contributed by atoms with Crippen molar-refractivity contribution >= 4 is 20.8 Å². The van der Waals surface area contributed by atoms with E-state index >= 15 is 0 Å². The maximum absolute atomic E-state index is 14.0. The minimum Gasteiger partial charge on any atom is -0.493 e. The summed E-state index contributed by atoms with van der Waals surface area (Å²) in [5.41, 5.74) is 1.01. The van der Waals surface area contributed by atoms with Gasteiger partial charge in [-0.3, -0.25) is 9.78 Å². The molecule has 0 bridgehead atoms. The second kappa shape index (κ2) is 9.51. The van der Waals surface area contributed by atoms with Gasteiger partial charge in [0.15, 0.2) is 9.84 Å². The number of ether oxygens (including phenoxy) is 1. The summed E-state index contributed by atoms with van der Waals surface area (Å²) < 4.78 is 50.0. The Morgan fingerprint density at radius 2 is 1.97 bits per heavy atom. The summed E-state index contributed by atoms with van der Waals surface area (Å²) in [6, 6.07) is 9.24. The molecular formula is C24H26FNO6S. The molecule has 2 aromatic carbocycles. The smallest absolute Gasteiger partial charge is 0.419 e. The molecule has 9 heteroatoms. The van der Waals surface area contributed by atoms with E-state index in [0.717, 1.165) is 18.4 Å². The summed E-state index contributed by atoms with van der Waals surface area (Å²) >= 11 is 0. The molecule has 0 radical (unpaired) electrons. The molecule has 1 N–H and O–H groups in total. The average molecular weight is 476 g/mol. The fourth-order valence-electron chi connectivity index (χ4n) is 3.79. The number of benzene rings is 2. The van der Waals surface area contributed by atoms with Crippen LogP contribution in [0.5, 0.6) is 5.75 Å². The lowest BCUT2D eigenvalue weighted by molar-refractivity contribution is 0.298. The van der Waals surface area contributed by atoms with Gasteiger partial charge in [-0.05, 0) is 72.9 Å². The summed E-state index contributed by atoms with van der Waals surface area (Å²) in [7, 11) is -3.39. The Balaban J connectivity index is 1.35. The monoisotopic (exact) mass is 475 g/mol. The molecule has 7 nitrogen and oxygen atoms in total. The Hall–Kier alpha value is -2.94. The molecule has 1 aromatic heterocycles. The first kappa shape index (κ1) is 23.2. The van der Waals surface area contributed by atoms with Crippen molar-refractivity contribution in [2.24, 2.45) is 5.92 Å². The molecule has 1 atom stereocenters. The first-order valence-corrected chi connectivity index (χ1v) is 12.8. The van der Waals surface area contributed by atoms with Crippen molar-refractivity contribution in [1.82, 2.24) is 4.98 Å². The molecule has 0 saturated heterocycles.